The molecule has 6 rings (SSSR count). The van der Waals surface area contributed by atoms with Gasteiger partial charge in [-0.15, -0.1) is 0 Å². The highest BCUT2D eigenvalue weighted by Gasteiger charge is 2.43. The van der Waals surface area contributed by atoms with Crippen LogP contribution in [0.1, 0.15) is 63.1 Å². The van der Waals surface area contributed by atoms with Gasteiger partial charge in [-0.3, -0.25) is 19.4 Å². The Bertz CT molecular complexity index is 1940. The summed E-state index contributed by atoms with van der Waals surface area (Å²) in [4.78, 5) is 38.5. The summed E-state index contributed by atoms with van der Waals surface area (Å²) in [7, 11) is 0.808. The molecule has 1 N–H and O–H groups in total. The smallest absolute Gasteiger partial charge is 0.264 e. The molecule has 1 aromatic heterocycles. The lowest BCUT2D eigenvalue weighted by Crippen LogP contribution is -2.47. The molecule has 3 heterocycles. The summed E-state index contributed by atoms with van der Waals surface area (Å²) < 4.78 is 41.4. The molecule has 49 heavy (non-hydrogen) atoms. The van der Waals surface area contributed by atoms with E-state index < -0.39 is 27.9 Å². The number of ether oxygens (including phenoxy) is 2. The van der Waals surface area contributed by atoms with Crippen molar-refractivity contribution in [2.45, 2.75) is 37.4 Å². The van der Waals surface area contributed by atoms with Gasteiger partial charge in [-0.2, -0.15) is 0 Å². The van der Waals surface area contributed by atoms with E-state index in [4.69, 9.17) is 9.47 Å². The summed E-state index contributed by atoms with van der Waals surface area (Å²) in [5.74, 6) is 0.619. The first kappa shape index (κ1) is 34.2. The van der Waals surface area contributed by atoms with Crippen LogP contribution in [-0.2, 0) is 17.1 Å². The number of imidazole rings is 1. The summed E-state index contributed by atoms with van der Waals surface area (Å²) in [6, 6.07) is 20.4. The first-order valence-electron chi connectivity index (χ1n) is 16.3. The third-order valence-electron chi connectivity index (χ3n) is 9.58. The van der Waals surface area contributed by atoms with Crippen molar-refractivity contribution in [2.75, 3.05) is 51.8 Å². The zero-order valence-electron chi connectivity index (χ0n) is 28.4. The Balaban J connectivity index is 1.26. The molecule has 2 aliphatic heterocycles. The molecular formula is C36H42N6O6S. The van der Waals surface area contributed by atoms with Crippen molar-refractivity contribution in [1.29, 1.82) is 0 Å². The first-order valence-corrected chi connectivity index (χ1v) is 17.8. The van der Waals surface area contributed by atoms with Crippen LogP contribution in [0, 0.1) is 6.92 Å². The quantitative estimate of drug-likeness (QED) is 0.217. The van der Waals surface area contributed by atoms with Crippen molar-refractivity contribution in [2.24, 2.45) is 7.05 Å². The van der Waals surface area contributed by atoms with Crippen molar-refractivity contribution in [1.82, 2.24) is 24.1 Å². The number of benzene rings is 3. The summed E-state index contributed by atoms with van der Waals surface area (Å²) in [6.07, 6.45) is 1.55. The van der Waals surface area contributed by atoms with E-state index in [0.29, 0.717) is 47.1 Å². The number of piperazine rings is 1. The minimum atomic E-state index is -3.94. The molecule has 2 atom stereocenters. The normalized spacial score (nSPS) is 16.5. The third-order valence-corrected chi connectivity index (χ3v) is 10.9. The Hall–Kier alpha value is -4.72. The van der Waals surface area contributed by atoms with Crippen LogP contribution in [0.2, 0.25) is 0 Å². The number of nitrogens with zero attached hydrogens (tertiary/aromatic N) is 5. The fourth-order valence-corrected chi connectivity index (χ4v) is 7.77. The van der Waals surface area contributed by atoms with Crippen LogP contribution in [-0.4, -0.2) is 86.5 Å². The lowest BCUT2D eigenvalue weighted by molar-refractivity contribution is 0.0575. The number of hydrogen-bond donors (Lipinski definition) is 1. The number of sulfonamides is 1. The van der Waals surface area contributed by atoms with E-state index in [1.165, 1.54) is 30.9 Å². The number of anilines is 1. The van der Waals surface area contributed by atoms with Crippen LogP contribution in [0.15, 0.2) is 78.0 Å². The van der Waals surface area contributed by atoms with Gasteiger partial charge < -0.3 is 18.9 Å². The van der Waals surface area contributed by atoms with E-state index in [2.05, 4.69) is 50.7 Å². The highest BCUT2D eigenvalue weighted by molar-refractivity contribution is 7.89. The van der Waals surface area contributed by atoms with Crippen LogP contribution < -0.4 is 19.1 Å². The lowest BCUT2D eigenvalue weighted by atomic mass is 10.0. The molecule has 1 saturated heterocycles. The van der Waals surface area contributed by atoms with E-state index in [9.17, 15) is 18.0 Å². The van der Waals surface area contributed by atoms with Gasteiger partial charge in [-0.25, -0.2) is 18.1 Å². The van der Waals surface area contributed by atoms with Gasteiger partial charge in [0.25, 0.3) is 21.8 Å². The number of carbonyl (C=O) groups excluding carboxylic acids is 2. The number of fused-ring (bicyclic) bond motifs is 1. The number of nitrogens with one attached hydrogen (secondary N) is 1. The summed E-state index contributed by atoms with van der Waals surface area (Å²) >= 11 is 0. The molecule has 258 valence electrons. The molecule has 0 spiro atoms. The maximum Gasteiger partial charge on any atom is 0.264 e. The Morgan fingerprint density at radius 2 is 1.59 bits per heavy atom. The van der Waals surface area contributed by atoms with Crippen molar-refractivity contribution in [3.63, 3.8) is 0 Å². The van der Waals surface area contributed by atoms with Gasteiger partial charge in [0, 0.05) is 52.0 Å². The largest absolute Gasteiger partial charge is 0.493 e. The highest BCUT2D eigenvalue weighted by Crippen LogP contribution is 2.40. The van der Waals surface area contributed by atoms with Gasteiger partial charge in [0.2, 0.25) is 0 Å². The molecule has 3 aromatic carbocycles. The topological polar surface area (TPSA) is 126 Å². The van der Waals surface area contributed by atoms with Gasteiger partial charge in [-0.1, -0.05) is 42.5 Å². The second-order valence-electron chi connectivity index (χ2n) is 12.3. The summed E-state index contributed by atoms with van der Waals surface area (Å²) in [6.45, 7) is 6.86. The minimum Gasteiger partial charge on any atom is -0.493 e. The van der Waals surface area contributed by atoms with Gasteiger partial charge in [0.15, 0.2) is 16.5 Å². The number of rotatable bonds is 12. The number of imide groups is 1. The van der Waals surface area contributed by atoms with Crippen molar-refractivity contribution >= 4 is 27.5 Å². The fraction of sp³-hybridized carbons (Fsp3) is 0.361. The second kappa shape index (κ2) is 14.0. The molecule has 2 aliphatic rings. The number of carbonyl (C=O) groups is 2. The average molecular weight is 687 g/mol. The van der Waals surface area contributed by atoms with E-state index in [1.54, 1.807) is 42.8 Å². The van der Waals surface area contributed by atoms with Crippen molar-refractivity contribution < 1.29 is 27.5 Å². The number of methoxy groups -OCH3 is 2. The van der Waals surface area contributed by atoms with Crippen LogP contribution in [0.4, 0.5) is 5.69 Å². The summed E-state index contributed by atoms with van der Waals surface area (Å²) in [5, 5.41) is -0.0983. The highest BCUT2D eigenvalue weighted by atomic mass is 32.2. The van der Waals surface area contributed by atoms with Crippen molar-refractivity contribution in [3.05, 3.63) is 101 Å². The van der Waals surface area contributed by atoms with E-state index in [0.717, 1.165) is 18.8 Å². The molecule has 0 saturated carbocycles. The number of aryl methyl sites for hydroxylation is 2. The van der Waals surface area contributed by atoms with E-state index in [-0.39, 0.29) is 24.0 Å². The maximum absolute atomic E-state index is 14.4. The van der Waals surface area contributed by atoms with E-state index in [1.807, 2.05) is 18.2 Å². The molecule has 2 amide bonds. The molecule has 1 unspecified atom stereocenters. The molecule has 0 aliphatic carbocycles. The number of hydrogen-bond acceptors (Lipinski definition) is 9. The average Bonchev–Trinajstić information content (AvgIpc) is 3.60. The molecule has 13 heteroatoms. The molecular weight excluding hydrogens is 644 g/mol. The molecule has 0 bridgehead atoms. The first-order chi connectivity index (χ1) is 23.5. The Morgan fingerprint density at radius 3 is 2.24 bits per heavy atom. The van der Waals surface area contributed by atoms with Crippen LogP contribution in [0.5, 0.6) is 11.5 Å². The summed E-state index contributed by atoms with van der Waals surface area (Å²) in [5.41, 5.74) is 3.28. The Kier molecular flexibility index (Phi) is 9.77. The van der Waals surface area contributed by atoms with Gasteiger partial charge in [0.05, 0.1) is 37.1 Å². The minimum absolute atomic E-state index is 0.0568. The standard InChI is InChI=1S/C36H42N6O6S/c1-24(26-10-7-6-8-11-26)40-18-20-41(21-19-40)30-13-9-12-28-34(30)36(44)42(35(28)43)29(27-14-15-31(47-4)32(22-27)48-5)16-17-37-49(45,46)33-23-39(3)25(2)38-33/h6-15,22-24,29,37H,16-21H2,1-5H3/t24?,29-/m1/s1. The predicted octanol–water partition coefficient (Wildman–Crippen LogP) is 4.33. The Labute approximate surface area is 287 Å². The molecule has 1 fully saturated rings. The third kappa shape index (κ3) is 6.65. The van der Waals surface area contributed by atoms with Crippen LogP contribution >= 0.6 is 0 Å². The van der Waals surface area contributed by atoms with Gasteiger partial charge in [-0.05, 0) is 55.7 Å². The second-order valence-corrected chi connectivity index (χ2v) is 14.1. The van der Waals surface area contributed by atoms with Crippen molar-refractivity contribution in [3.8, 4) is 11.5 Å². The van der Waals surface area contributed by atoms with E-state index >= 15 is 0 Å². The van der Waals surface area contributed by atoms with Gasteiger partial charge >= 0.3 is 0 Å². The van der Waals surface area contributed by atoms with Gasteiger partial charge in [0.1, 0.15) is 5.82 Å². The number of amides is 2. The molecule has 0 radical (unpaired) electrons. The van der Waals surface area contributed by atoms with Crippen LogP contribution in [0.3, 0.4) is 0 Å². The zero-order valence-corrected chi connectivity index (χ0v) is 29.2. The number of aromatic nitrogens is 2. The monoisotopic (exact) mass is 686 g/mol. The zero-order chi connectivity index (χ0) is 34.9. The SMILES string of the molecule is COc1ccc([C@@H](CCNS(=O)(=O)c2cn(C)c(C)n2)N2C(=O)c3cccc(N4CCN(C(C)c5ccccc5)CC4)c3C2=O)cc1OC. The molecule has 12 nitrogen and oxygen atoms in total. The predicted molar refractivity (Wildman–Crippen MR) is 186 cm³/mol. The maximum atomic E-state index is 14.4. The molecule has 4 aromatic rings. The fourth-order valence-electron chi connectivity index (χ4n) is 6.69. The van der Waals surface area contributed by atoms with Crippen LogP contribution in [0.25, 0.3) is 0 Å². The lowest BCUT2D eigenvalue weighted by Gasteiger charge is -2.39. The Morgan fingerprint density at radius 1 is 0.878 bits per heavy atom.